The minimum Gasteiger partial charge on any atom is -0.507 e. The maximum atomic E-state index is 12.6. The first-order valence-corrected chi connectivity index (χ1v) is 6.39. The molecule has 0 bridgehead atoms. The Morgan fingerprint density at radius 2 is 1.14 bits per heavy atom. The molecule has 22 heavy (non-hydrogen) atoms. The molecule has 2 aromatic carbocycles. The fourth-order valence-electron chi connectivity index (χ4n) is 2.54. The van der Waals surface area contributed by atoms with Crippen LogP contribution in [0.4, 0.5) is 0 Å². The monoisotopic (exact) mass is 300 g/mol. The lowest BCUT2D eigenvalue weighted by atomic mass is 9.83. The van der Waals surface area contributed by atoms with Crippen molar-refractivity contribution in [2.45, 2.75) is 0 Å². The molecule has 6 nitrogen and oxygen atoms in total. The van der Waals surface area contributed by atoms with Crippen molar-refractivity contribution in [3.63, 3.8) is 0 Å². The molecule has 0 fully saturated rings. The maximum Gasteiger partial charge on any atom is 0.201 e. The van der Waals surface area contributed by atoms with Crippen molar-refractivity contribution in [1.29, 1.82) is 0 Å². The van der Waals surface area contributed by atoms with E-state index in [2.05, 4.69) is 0 Å². The van der Waals surface area contributed by atoms with E-state index in [0.29, 0.717) is 0 Å². The van der Waals surface area contributed by atoms with Crippen LogP contribution >= 0.6 is 0 Å². The van der Waals surface area contributed by atoms with Gasteiger partial charge in [-0.25, -0.2) is 0 Å². The summed E-state index contributed by atoms with van der Waals surface area (Å²) in [5, 5.41) is 20.0. The van der Waals surface area contributed by atoms with E-state index in [-0.39, 0.29) is 45.3 Å². The Kier molecular flexibility index (Phi) is 3.02. The lowest BCUT2D eigenvalue weighted by Crippen LogP contribution is -2.21. The number of benzene rings is 2. The molecule has 0 aliphatic heterocycles. The van der Waals surface area contributed by atoms with Gasteiger partial charge in [0.25, 0.3) is 0 Å². The van der Waals surface area contributed by atoms with Crippen molar-refractivity contribution in [2.24, 2.45) is 0 Å². The second kappa shape index (κ2) is 4.77. The first-order valence-electron chi connectivity index (χ1n) is 6.39. The van der Waals surface area contributed by atoms with Gasteiger partial charge in [0.1, 0.15) is 23.0 Å². The highest BCUT2D eigenvalue weighted by Crippen LogP contribution is 2.40. The molecule has 3 rings (SSSR count). The molecule has 0 saturated heterocycles. The van der Waals surface area contributed by atoms with E-state index in [4.69, 9.17) is 9.47 Å². The van der Waals surface area contributed by atoms with Crippen molar-refractivity contribution >= 4 is 11.6 Å². The summed E-state index contributed by atoms with van der Waals surface area (Å²) < 4.78 is 10.0. The van der Waals surface area contributed by atoms with Gasteiger partial charge in [-0.05, 0) is 12.1 Å². The molecule has 2 N–H and O–H groups in total. The predicted molar refractivity (Wildman–Crippen MR) is 76.2 cm³/mol. The number of ether oxygens (including phenoxy) is 2. The van der Waals surface area contributed by atoms with Crippen LogP contribution in [0.15, 0.2) is 24.3 Å². The summed E-state index contributed by atoms with van der Waals surface area (Å²) >= 11 is 0. The summed E-state index contributed by atoms with van der Waals surface area (Å²) in [6.45, 7) is 0. The Labute approximate surface area is 125 Å². The van der Waals surface area contributed by atoms with E-state index in [9.17, 15) is 19.8 Å². The van der Waals surface area contributed by atoms with Gasteiger partial charge in [0.05, 0.1) is 25.3 Å². The lowest BCUT2D eigenvalue weighted by Gasteiger charge is -2.20. The highest BCUT2D eigenvalue weighted by molar-refractivity contribution is 6.30. The first-order chi connectivity index (χ1) is 10.5. The number of hydrogen-bond acceptors (Lipinski definition) is 6. The Morgan fingerprint density at radius 1 is 0.727 bits per heavy atom. The topological polar surface area (TPSA) is 93.1 Å². The Balaban J connectivity index is 2.32. The molecule has 0 spiro atoms. The molecular formula is C16H12O6. The standard InChI is InChI=1S/C16H12O6/c1-21-7-3-9-13(11(17)5-7)16(20)14-10(15(9)19)4-8(22-2)6-12(14)18/h3-6,17-18H,1-2H3. The fraction of sp³-hybridized carbons (Fsp3) is 0.125. The molecule has 0 atom stereocenters. The van der Waals surface area contributed by atoms with Crippen LogP contribution in [0.25, 0.3) is 0 Å². The summed E-state index contributed by atoms with van der Waals surface area (Å²) in [6, 6.07) is 5.26. The van der Waals surface area contributed by atoms with Gasteiger partial charge in [-0.15, -0.1) is 0 Å². The number of phenols is 2. The van der Waals surface area contributed by atoms with Crippen LogP contribution < -0.4 is 9.47 Å². The van der Waals surface area contributed by atoms with E-state index < -0.39 is 11.6 Å². The summed E-state index contributed by atoms with van der Waals surface area (Å²) in [7, 11) is 2.78. The van der Waals surface area contributed by atoms with E-state index in [1.165, 1.54) is 38.5 Å². The molecule has 112 valence electrons. The highest BCUT2D eigenvalue weighted by Gasteiger charge is 2.35. The molecule has 0 amide bonds. The number of methoxy groups -OCH3 is 2. The molecule has 6 heteroatoms. The molecule has 2 aromatic rings. The van der Waals surface area contributed by atoms with E-state index in [1.54, 1.807) is 0 Å². The third-order valence-electron chi connectivity index (χ3n) is 3.60. The van der Waals surface area contributed by atoms with Crippen LogP contribution in [0, 0.1) is 0 Å². The normalized spacial score (nSPS) is 12.6. The molecular weight excluding hydrogens is 288 g/mol. The van der Waals surface area contributed by atoms with E-state index in [1.807, 2.05) is 0 Å². The fourth-order valence-corrected chi connectivity index (χ4v) is 2.54. The molecule has 1 aliphatic rings. The Hall–Kier alpha value is -3.02. The largest absolute Gasteiger partial charge is 0.507 e. The molecule has 0 aromatic heterocycles. The Bertz CT molecular complexity index is 756. The zero-order valence-corrected chi connectivity index (χ0v) is 11.8. The van der Waals surface area contributed by atoms with Gasteiger partial charge in [0.15, 0.2) is 5.78 Å². The smallest absolute Gasteiger partial charge is 0.201 e. The molecule has 0 unspecified atom stereocenters. The molecule has 1 aliphatic carbocycles. The second-order valence-corrected chi connectivity index (χ2v) is 4.80. The number of aromatic hydroxyl groups is 2. The third-order valence-corrected chi connectivity index (χ3v) is 3.60. The second-order valence-electron chi connectivity index (χ2n) is 4.80. The van der Waals surface area contributed by atoms with Crippen molar-refractivity contribution in [3.05, 3.63) is 46.5 Å². The average molecular weight is 300 g/mol. The van der Waals surface area contributed by atoms with Crippen LogP contribution in [0.3, 0.4) is 0 Å². The van der Waals surface area contributed by atoms with Gasteiger partial charge in [-0.1, -0.05) is 0 Å². The quantitative estimate of drug-likeness (QED) is 0.750. The SMILES string of the molecule is COc1cc(O)c2c(c1)C(=O)c1cc(OC)cc(O)c1C2=O. The average Bonchev–Trinajstić information content (AvgIpc) is 2.50. The van der Waals surface area contributed by atoms with Gasteiger partial charge < -0.3 is 19.7 Å². The van der Waals surface area contributed by atoms with E-state index in [0.717, 1.165) is 0 Å². The van der Waals surface area contributed by atoms with Crippen LogP contribution in [0.2, 0.25) is 0 Å². The van der Waals surface area contributed by atoms with Crippen molar-refractivity contribution in [3.8, 4) is 23.0 Å². The summed E-state index contributed by atoms with van der Waals surface area (Å²) in [5.74, 6) is -1.33. The van der Waals surface area contributed by atoms with Crippen LogP contribution in [-0.2, 0) is 0 Å². The van der Waals surface area contributed by atoms with Crippen molar-refractivity contribution < 1.29 is 29.3 Å². The summed E-state index contributed by atoms with van der Waals surface area (Å²) in [4.78, 5) is 25.1. The number of ketones is 2. The zero-order chi connectivity index (χ0) is 16.0. The number of rotatable bonds is 2. The summed E-state index contributed by atoms with van der Waals surface area (Å²) in [6.07, 6.45) is 0. The van der Waals surface area contributed by atoms with Crippen LogP contribution in [-0.4, -0.2) is 36.0 Å². The molecule has 0 radical (unpaired) electrons. The summed E-state index contributed by atoms with van der Waals surface area (Å²) in [5.41, 5.74) is -0.221. The Morgan fingerprint density at radius 3 is 1.50 bits per heavy atom. The first kappa shape index (κ1) is 13.9. The highest BCUT2D eigenvalue weighted by atomic mass is 16.5. The van der Waals surface area contributed by atoms with Gasteiger partial charge in [-0.2, -0.15) is 0 Å². The van der Waals surface area contributed by atoms with Gasteiger partial charge in [0.2, 0.25) is 5.78 Å². The predicted octanol–water partition coefficient (Wildman–Crippen LogP) is 1.89. The number of fused-ring (bicyclic) bond motifs is 2. The number of phenolic OH excluding ortho intramolecular Hbond substituents is 2. The minimum atomic E-state index is -0.620. The van der Waals surface area contributed by atoms with Gasteiger partial charge >= 0.3 is 0 Å². The van der Waals surface area contributed by atoms with Gasteiger partial charge in [-0.3, -0.25) is 9.59 Å². The maximum absolute atomic E-state index is 12.6. The lowest BCUT2D eigenvalue weighted by molar-refractivity contribution is 0.0973. The van der Waals surface area contributed by atoms with Crippen LogP contribution in [0.5, 0.6) is 23.0 Å². The minimum absolute atomic E-state index is 0.0296. The number of hydrogen-bond donors (Lipinski definition) is 2. The zero-order valence-electron chi connectivity index (χ0n) is 11.8. The van der Waals surface area contributed by atoms with Crippen molar-refractivity contribution in [2.75, 3.05) is 14.2 Å². The van der Waals surface area contributed by atoms with Crippen molar-refractivity contribution in [1.82, 2.24) is 0 Å². The van der Waals surface area contributed by atoms with Gasteiger partial charge in [0, 0.05) is 23.3 Å². The molecule has 0 saturated carbocycles. The van der Waals surface area contributed by atoms with Crippen LogP contribution in [0.1, 0.15) is 31.8 Å². The van der Waals surface area contributed by atoms with E-state index >= 15 is 0 Å². The molecule has 0 heterocycles. The number of carbonyl (C=O) groups is 2. The third kappa shape index (κ3) is 1.81. The number of carbonyl (C=O) groups excluding carboxylic acids is 2.